The summed E-state index contributed by atoms with van der Waals surface area (Å²) < 4.78 is 27.7. The van der Waals surface area contributed by atoms with Crippen molar-refractivity contribution >= 4 is 21.4 Å². The fourth-order valence-electron chi connectivity index (χ4n) is 3.06. The molecule has 2 fully saturated rings. The first-order valence-electron chi connectivity index (χ1n) is 6.56. The summed E-state index contributed by atoms with van der Waals surface area (Å²) in [6.45, 7) is 1.97. The summed E-state index contributed by atoms with van der Waals surface area (Å²) in [5.74, 6) is 0. The summed E-state index contributed by atoms with van der Waals surface area (Å²) in [5, 5.41) is 9.01. The Bertz CT molecular complexity index is 555. The molecule has 0 saturated carbocycles. The monoisotopic (exact) mass is 302 g/mol. The number of nitrogens with one attached hydrogen (secondary N) is 1. The molecule has 0 aromatic carbocycles. The first kappa shape index (κ1) is 13.5. The minimum absolute atomic E-state index is 0.0344. The SMILES string of the molecule is O=S(=O)(NC1CCN2CCCC12)c1ccc(CO)s1. The van der Waals surface area contributed by atoms with Crippen LogP contribution < -0.4 is 4.72 Å². The van der Waals surface area contributed by atoms with Gasteiger partial charge in [-0.1, -0.05) is 0 Å². The summed E-state index contributed by atoms with van der Waals surface area (Å²) in [4.78, 5) is 3.05. The van der Waals surface area contributed by atoms with Crippen molar-refractivity contribution in [2.75, 3.05) is 13.1 Å². The highest BCUT2D eigenvalue weighted by Gasteiger charge is 2.39. The first-order chi connectivity index (χ1) is 9.10. The van der Waals surface area contributed by atoms with E-state index >= 15 is 0 Å². The van der Waals surface area contributed by atoms with Gasteiger partial charge in [0.1, 0.15) is 4.21 Å². The highest BCUT2D eigenvalue weighted by atomic mass is 32.2. The molecule has 7 heteroatoms. The van der Waals surface area contributed by atoms with Crippen LogP contribution in [0, 0.1) is 0 Å². The van der Waals surface area contributed by atoms with Gasteiger partial charge in [-0.3, -0.25) is 4.90 Å². The van der Waals surface area contributed by atoms with Crippen molar-refractivity contribution in [1.82, 2.24) is 9.62 Å². The van der Waals surface area contributed by atoms with Gasteiger partial charge in [0, 0.05) is 23.5 Å². The first-order valence-corrected chi connectivity index (χ1v) is 8.86. The van der Waals surface area contributed by atoms with Gasteiger partial charge in [-0.05, 0) is 37.9 Å². The van der Waals surface area contributed by atoms with Crippen molar-refractivity contribution < 1.29 is 13.5 Å². The Morgan fingerprint density at radius 3 is 2.95 bits per heavy atom. The lowest BCUT2D eigenvalue weighted by Gasteiger charge is -2.20. The second kappa shape index (κ2) is 5.14. The number of aliphatic hydroxyl groups excluding tert-OH is 1. The Morgan fingerprint density at radius 2 is 2.21 bits per heavy atom. The molecule has 2 atom stereocenters. The van der Waals surface area contributed by atoms with E-state index in [0.29, 0.717) is 15.1 Å². The number of rotatable bonds is 4. The third kappa shape index (κ3) is 2.57. The van der Waals surface area contributed by atoms with Gasteiger partial charge in [-0.25, -0.2) is 13.1 Å². The van der Waals surface area contributed by atoms with Crippen LogP contribution in [0.5, 0.6) is 0 Å². The molecule has 0 radical (unpaired) electrons. The molecule has 0 spiro atoms. The average molecular weight is 302 g/mol. The molecule has 0 aliphatic carbocycles. The standard InChI is InChI=1S/C12H18N2O3S2/c15-8-9-3-4-12(18-9)19(16,17)13-10-5-7-14-6-1-2-11(10)14/h3-4,10-11,13,15H,1-2,5-8H2. The van der Waals surface area contributed by atoms with Crippen molar-refractivity contribution in [3.8, 4) is 0 Å². The third-order valence-electron chi connectivity index (χ3n) is 3.97. The summed E-state index contributed by atoms with van der Waals surface area (Å²) in [6, 6.07) is 3.63. The number of hydrogen-bond acceptors (Lipinski definition) is 5. The van der Waals surface area contributed by atoms with Gasteiger partial charge in [0.15, 0.2) is 0 Å². The highest BCUT2D eigenvalue weighted by Crippen LogP contribution is 2.30. The van der Waals surface area contributed by atoms with Crippen LogP contribution in [0.3, 0.4) is 0 Å². The van der Waals surface area contributed by atoms with E-state index in [2.05, 4.69) is 9.62 Å². The predicted molar refractivity (Wildman–Crippen MR) is 73.6 cm³/mol. The van der Waals surface area contributed by atoms with Crippen molar-refractivity contribution in [1.29, 1.82) is 0 Å². The van der Waals surface area contributed by atoms with Gasteiger partial charge < -0.3 is 5.11 Å². The Morgan fingerprint density at radius 1 is 1.37 bits per heavy atom. The normalized spacial score (nSPS) is 27.8. The Balaban J connectivity index is 1.74. The van der Waals surface area contributed by atoms with Crippen LogP contribution in [0.2, 0.25) is 0 Å². The quantitative estimate of drug-likeness (QED) is 0.861. The second-order valence-electron chi connectivity index (χ2n) is 5.14. The molecule has 1 aromatic heterocycles. The summed E-state index contributed by atoms with van der Waals surface area (Å²) >= 11 is 1.13. The molecule has 5 nitrogen and oxygen atoms in total. The van der Waals surface area contributed by atoms with E-state index in [4.69, 9.17) is 5.11 Å². The number of fused-ring (bicyclic) bond motifs is 1. The van der Waals surface area contributed by atoms with Crippen LogP contribution in [-0.2, 0) is 16.6 Å². The van der Waals surface area contributed by atoms with Crippen LogP contribution in [-0.4, -0.2) is 43.6 Å². The zero-order valence-electron chi connectivity index (χ0n) is 10.6. The number of aliphatic hydroxyl groups is 1. The van der Waals surface area contributed by atoms with Crippen molar-refractivity contribution in [2.45, 2.75) is 42.2 Å². The molecule has 2 aliphatic rings. The van der Waals surface area contributed by atoms with Crippen LogP contribution in [0.15, 0.2) is 16.3 Å². The summed E-state index contributed by atoms with van der Waals surface area (Å²) in [6.07, 6.45) is 3.14. The lowest BCUT2D eigenvalue weighted by atomic mass is 10.1. The van der Waals surface area contributed by atoms with Crippen molar-refractivity contribution in [3.63, 3.8) is 0 Å². The average Bonchev–Trinajstić information content (AvgIpc) is 3.05. The smallest absolute Gasteiger partial charge is 0.250 e. The largest absolute Gasteiger partial charge is 0.391 e. The molecule has 106 valence electrons. The molecule has 2 unspecified atom stereocenters. The molecule has 1 aromatic rings. The lowest BCUT2D eigenvalue weighted by Crippen LogP contribution is -2.42. The molecule has 0 bridgehead atoms. The maximum atomic E-state index is 12.3. The maximum Gasteiger partial charge on any atom is 0.250 e. The van der Waals surface area contributed by atoms with E-state index in [0.717, 1.165) is 43.7 Å². The predicted octanol–water partition coefficient (Wildman–Crippen LogP) is 0.755. The van der Waals surface area contributed by atoms with Gasteiger partial charge in [0.05, 0.1) is 6.61 Å². The van der Waals surface area contributed by atoms with Crippen LogP contribution in [0.4, 0.5) is 0 Å². The van der Waals surface area contributed by atoms with E-state index < -0.39 is 10.0 Å². The van der Waals surface area contributed by atoms with Gasteiger partial charge in [-0.2, -0.15) is 0 Å². The zero-order valence-corrected chi connectivity index (χ0v) is 12.2. The molecule has 19 heavy (non-hydrogen) atoms. The third-order valence-corrected chi connectivity index (χ3v) is 7.02. The second-order valence-corrected chi connectivity index (χ2v) is 8.25. The molecular formula is C12H18N2O3S2. The molecular weight excluding hydrogens is 284 g/mol. The maximum absolute atomic E-state index is 12.3. The van der Waals surface area contributed by atoms with Gasteiger partial charge in [0.2, 0.25) is 10.0 Å². The van der Waals surface area contributed by atoms with Crippen LogP contribution in [0.25, 0.3) is 0 Å². The van der Waals surface area contributed by atoms with Crippen LogP contribution in [0.1, 0.15) is 24.1 Å². The van der Waals surface area contributed by atoms with E-state index in [-0.39, 0.29) is 12.6 Å². The van der Waals surface area contributed by atoms with Gasteiger partial charge in [0.25, 0.3) is 0 Å². The highest BCUT2D eigenvalue weighted by molar-refractivity contribution is 7.91. The molecule has 0 amide bonds. The Labute approximate surface area is 117 Å². The van der Waals surface area contributed by atoms with E-state index in [1.807, 2.05) is 0 Å². The summed E-state index contributed by atoms with van der Waals surface area (Å²) in [5.41, 5.74) is 0. The molecule has 2 aliphatic heterocycles. The summed E-state index contributed by atoms with van der Waals surface area (Å²) in [7, 11) is -3.44. The number of thiophene rings is 1. The number of sulfonamides is 1. The van der Waals surface area contributed by atoms with E-state index in [1.165, 1.54) is 0 Å². The number of nitrogens with zero attached hydrogens (tertiary/aromatic N) is 1. The fraction of sp³-hybridized carbons (Fsp3) is 0.667. The van der Waals surface area contributed by atoms with Gasteiger partial charge in [-0.15, -0.1) is 11.3 Å². The molecule has 2 N–H and O–H groups in total. The minimum Gasteiger partial charge on any atom is -0.391 e. The Kier molecular flexibility index (Phi) is 3.65. The zero-order chi connectivity index (χ0) is 13.5. The van der Waals surface area contributed by atoms with E-state index in [9.17, 15) is 8.42 Å². The fourth-order valence-corrected chi connectivity index (χ4v) is 5.60. The lowest BCUT2D eigenvalue weighted by molar-refractivity contribution is 0.285. The van der Waals surface area contributed by atoms with Crippen molar-refractivity contribution in [3.05, 3.63) is 17.0 Å². The van der Waals surface area contributed by atoms with Crippen LogP contribution >= 0.6 is 11.3 Å². The van der Waals surface area contributed by atoms with E-state index in [1.54, 1.807) is 12.1 Å². The Hall–Kier alpha value is -0.470. The topological polar surface area (TPSA) is 69.6 Å². The molecule has 3 heterocycles. The van der Waals surface area contributed by atoms with Gasteiger partial charge >= 0.3 is 0 Å². The van der Waals surface area contributed by atoms with Crippen molar-refractivity contribution in [2.24, 2.45) is 0 Å². The molecule has 2 saturated heterocycles. The molecule has 3 rings (SSSR count). The number of hydrogen-bond donors (Lipinski definition) is 2. The minimum atomic E-state index is -3.44.